The number of alkyl halides is 3. The number of para-hydroxylation sites is 1. The lowest BCUT2D eigenvalue weighted by molar-refractivity contribution is -0.274. The Morgan fingerprint density at radius 2 is 2.07 bits per heavy atom. The van der Waals surface area contributed by atoms with E-state index in [0.717, 1.165) is 6.42 Å². The van der Waals surface area contributed by atoms with Crippen molar-refractivity contribution in [2.24, 2.45) is 4.99 Å². The molecular formula is C18H25F3N4O2. The molecule has 2 rings (SSSR count). The number of nitrogens with zero attached hydrogens (tertiary/aromatic N) is 2. The third kappa shape index (κ3) is 6.65. The van der Waals surface area contributed by atoms with Crippen molar-refractivity contribution < 1.29 is 22.7 Å². The molecule has 1 heterocycles. The van der Waals surface area contributed by atoms with E-state index in [2.05, 4.69) is 20.4 Å². The van der Waals surface area contributed by atoms with Crippen LogP contribution in [0.15, 0.2) is 29.3 Å². The maximum atomic E-state index is 12.5. The number of carbonyl (C=O) groups is 1. The van der Waals surface area contributed by atoms with Crippen LogP contribution in [0.3, 0.4) is 0 Å². The van der Waals surface area contributed by atoms with Crippen LogP contribution in [0.5, 0.6) is 5.75 Å². The summed E-state index contributed by atoms with van der Waals surface area (Å²) in [6.07, 6.45) is -3.48. The van der Waals surface area contributed by atoms with E-state index in [-0.39, 0.29) is 24.2 Å². The Morgan fingerprint density at radius 1 is 1.33 bits per heavy atom. The van der Waals surface area contributed by atoms with E-state index >= 15 is 0 Å². The van der Waals surface area contributed by atoms with E-state index in [1.807, 2.05) is 13.8 Å². The molecule has 1 amide bonds. The molecule has 1 aromatic rings. The normalized spacial score (nSPS) is 17.7. The number of aliphatic imine (C=N–C) groups is 1. The van der Waals surface area contributed by atoms with Crippen molar-refractivity contribution in [2.75, 3.05) is 19.6 Å². The number of carbonyl (C=O) groups excluding carboxylic acids is 1. The summed E-state index contributed by atoms with van der Waals surface area (Å²) in [7, 11) is 0. The SMILES string of the molecule is CCNC(=NCc1ccccc1OC(F)(F)F)NC1CCN(C(=O)CC)C1. The minimum atomic E-state index is -4.75. The van der Waals surface area contributed by atoms with Gasteiger partial charge in [0.05, 0.1) is 6.54 Å². The molecule has 0 aliphatic carbocycles. The van der Waals surface area contributed by atoms with Crippen LogP contribution in [-0.4, -0.2) is 48.8 Å². The number of hydrogen-bond acceptors (Lipinski definition) is 3. The first-order valence-electron chi connectivity index (χ1n) is 8.98. The Labute approximate surface area is 156 Å². The fraction of sp³-hybridized carbons (Fsp3) is 0.556. The third-order valence-corrected chi connectivity index (χ3v) is 4.13. The van der Waals surface area contributed by atoms with Gasteiger partial charge in [-0.05, 0) is 19.4 Å². The predicted molar refractivity (Wildman–Crippen MR) is 96.4 cm³/mol. The smallest absolute Gasteiger partial charge is 0.405 e. The van der Waals surface area contributed by atoms with Crippen LogP contribution in [0.2, 0.25) is 0 Å². The van der Waals surface area contributed by atoms with Crippen molar-refractivity contribution in [1.82, 2.24) is 15.5 Å². The first kappa shape index (κ1) is 20.9. The maximum absolute atomic E-state index is 12.5. The summed E-state index contributed by atoms with van der Waals surface area (Å²) in [6.45, 7) is 5.65. The summed E-state index contributed by atoms with van der Waals surface area (Å²) in [5.74, 6) is 0.347. The number of ether oxygens (including phenoxy) is 1. The number of likely N-dealkylation sites (tertiary alicyclic amines) is 1. The molecule has 0 saturated carbocycles. The second-order valence-corrected chi connectivity index (χ2v) is 6.17. The van der Waals surface area contributed by atoms with Crippen LogP contribution in [0.1, 0.15) is 32.3 Å². The van der Waals surface area contributed by atoms with Crippen LogP contribution in [0, 0.1) is 0 Å². The average molecular weight is 386 g/mol. The van der Waals surface area contributed by atoms with Crippen LogP contribution in [0.25, 0.3) is 0 Å². The van der Waals surface area contributed by atoms with Crippen molar-refractivity contribution in [3.63, 3.8) is 0 Å². The van der Waals surface area contributed by atoms with E-state index in [4.69, 9.17) is 0 Å². The lowest BCUT2D eigenvalue weighted by atomic mass is 10.2. The van der Waals surface area contributed by atoms with Crippen LogP contribution in [0.4, 0.5) is 13.2 Å². The highest BCUT2D eigenvalue weighted by atomic mass is 19.4. The third-order valence-electron chi connectivity index (χ3n) is 4.13. The van der Waals surface area contributed by atoms with Gasteiger partial charge >= 0.3 is 6.36 Å². The lowest BCUT2D eigenvalue weighted by Gasteiger charge is -2.19. The molecule has 1 unspecified atom stereocenters. The van der Waals surface area contributed by atoms with Gasteiger partial charge in [-0.3, -0.25) is 4.79 Å². The van der Waals surface area contributed by atoms with E-state index < -0.39 is 6.36 Å². The molecule has 0 aromatic heterocycles. The summed E-state index contributed by atoms with van der Waals surface area (Å²) in [5.41, 5.74) is 0.334. The summed E-state index contributed by atoms with van der Waals surface area (Å²) < 4.78 is 41.6. The van der Waals surface area contributed by atoms with E-state index in [0.29, 0.717) is 37.6 Å². The van der Waals surface area contributed by atoms with Crippen molar-refractivity contribution in [1.29, 1.82) is 0 Å². The molecule has 0 bridgehead atoms. The quantitative estimate of drug-likeness (QED) is 0.583. The van der Waals surface area contributed by atoms with Crippen LogP contribution < -0.4 is 15.4 Å². The highest BCUT2D eigenvalue weighted by Gasteiger charge is 2.32. The Balaban J connectivity index is 2.03. The minimum Gasteiger partial charge on any atom is -0.405 e. The first-order valence-corrected chi connectivity index (χ1v) is 8.98. The summed E-state index contributed by atoms with van der Waals surface area (Å²) in [5, 5.41) is 6.32. The average Bonchev–Trinajstić information content (AvgIpc) is 3.07. The van der Waals surface area contributed by atoms with Crippen LogP contribution in [-0.2, 0) is 11.3 Å². The molecule has 9 heteroatoms. The Morgan fingerprint density at radius 3 is 2.74 bits per heavy atom. The predicted octanol–water partition coefficient (Wildman–Crippen LogP) is 2.65. The molecule has 1 saturated heterocycles. The highest BCUT2D eigenvalue weighted by Crippen LogP contribution is 2.26. The standard InChI is InChI=1S/C18H25F3N4O2/c1-3-16(26)25-10-9-14(12-25)24-17(22-4-2)23-11-13-7-5-6-8-15(13)27-18(19,20)21/h5-8,14H,3-4,9-12H2,1-2H3,(H2,22,23,24). The van der Waals surface area contributed by atoms with Gasteiger partial charge in [-0.2, -0.15) is 0 Å². The monoisotopic (exact) mass is 386 g/mol. The molecule has 150 valence electrons. The van der Waals surface area contributed by atoms with Gasteiger partial charge in [0.2, 0.25) is 5.91 Å². The highest BCUT2D eigenvalue weighted by molar-refractivity contribution is 5.80. The maximum Gasteiger partial charge on any atom is 0.573 e. The molecule has 1 atom stereocenters. The number of guanidine groups is 1. The minimum absolute atomic E-state index is 0.0336. The summed E-state index contributed by atoms with van der Waals surface area (Å²) >= 11 is 0. The Hall–Kier alpha value is -2.45. The Bertz CT molecular complexity index is 664. The molecule has 6 nitrogen and oxygen atoms in total. The Kier molecular flexibility index (Phi) is 7.32. The van der Waals surface area contributed by atoms with E-state index in [1.165, 1.54) is 12.1 Å². The van der Waals surface area contributed by atoms with Gasteiger partial charge in [-0.15, -0.1) is 13.2 Å². The number of amides is 1. The van der Waals surface area contributed by atoms with Crippen molar-refractivity contribution >= 4 is 11.9 Å². The van der Waals surface area contributed by atoms with Gasteiger partial charge in [-0.25, -0.2) is 4.99 Å². The van der Waals surface area contributed by atoms with E-state index in [1.54, 1.807) is 17.0 Å². The zero-order chi connectivity index (χ0) is 19.9. The van der Waals surface area contributed by atoms with Gasteiger partial charge in [-0.1, -0.05) is 25.1 Å². The molecule has 0 spiro atoms. The second kappa shape index (κ2) is 9.48. The number of hydrogen-bond donors (Lipinski definition) is 2. The molecule has 1 fully saturated rings. The molecular weight excluding hydrogens is 361 g/mol. The zero-order valence-corrected chi connectivity index (χ0v) is 15.5. The molecule has 1 aromatic carbocycles. The van der Waals surface area contributed by atoms with Gasteiger partial charge in [0.25, 0.3) is 0 Å². The fourth-order valence-electron chi connectivity index (χ4n) is 2.86. The molecule has 2 N–H and O–H groups in total. The molecule has 1 aliphatic heterocycles. The van der Waals surface area contributed by atoms with Crippen molar-refractivity contribution in [2.45, 2.75) is 45.6 Å². The fourth-order valence-corrected chi connectivity index (χ4v) is 2.86. The largest absolute Gasteiger partial charge is 0.573 e. The number of halogens is 3. The lowest BCUT2D eigenvalue weighted by Crippen LogP contribution is -2.45. The van der Waals surface area contributed by atoms with Gasteiger partial charge in [0, 0.05) is 37.7 Å². The number of rotatable bonds is 6. The summed E-state index contributed by atoms with van der Waals surface area (Å²) in [6, 6.07) is 5.99. The van der Waals surface area contributed by atoms with E-state index in [9.17, 15) is 18.0 Å². The number of nitrogens with one attached hydrogen (secondary N) is 2. The van der Waals surface area contributed by atoms with Crippen molar-refractivity contribution in [3.8, 4) is 5.75 Å². The second-order valence-electron chi connectivity index (χ2n) is 6.17. The van der Waals surface area contributed by atoms with Crippen molar-refractivity contribution in [3.05, 3.63) is 29.8 Å². The number of benzene rings is 1. The van der Waals surface area contributed by atoms with Gasteiger partial charge in [0.15, 0.2) is 5.96 Å². The van der Waals surface area contributed by atoms with Gasteiger partial charge < -0.3 is 20.3 Å². The molecule has 27 heavy (non-hydrogen) atoms. The molecule has 1 aliphatic rings. The zero-order valence-electron chi connectivity index (χ0n) is 15.5. The molecule has 0 radical (unpaired) electrons. The van der Waals surface area contributed by atoms with Gasteiger partial charge in [0.1, 0.15) is 5.75 Å². The summed E-state index contributed by atoms with van der Waals surface area (Å²) in [4.78, 5) is 18.0. The topological polar surface area (TPSA) is 66.0 Å². The van der Waals surface area contributed by atoms with Crippen LogP contribution >= 0.6 is 0 Å². The first-order chi connectivity index (χ1) is 12.8.